The van der Waals surface area contributed by atoms with Crippen LogP contribution in [0.3, 0.4) is 0 Å². The monoisotopic (exact) mass is 361 g/mol. The number of benzene rings is 2. The van der Waals surface area contributed by atoms with E-state index in [1.807, 2.05) is 56.3 Å². The van der Waals surface area contributed by atoms with Gasteiger partial charge in [-0.1, -0.05) is 73.3 Å². The van der Waals surface area contributed by atoms with Gasteiger partial charge >= 0.3 is 0 Å². The van der Waals surface area contributed by atoms with E-state index < -0.39 is 0 Å². The van der Waals surface area contributed by atoms with Crippen LogP contribution in [0, 0.1) is 0 Å². The molecule has 0 saturated carbocycles. The van der Waals surface area contributed by atoms with E-state index in [4.69, 9.17) is 9.47 Å². The van der Waals surface area contributed by atoms with Crippen molar-refractivity contribution in [2.45, 2.75) is 13.8 Å². The summed E-state index contributed by atoms with van der Waals surface area (Å²) in [7, 11) is 1.71. The first-order chi connectivity index (χ1) is 13.2. The fourth-order valence-corrected chi connectivity index (χ4v) is 2.70. The van der Waals surface area contributed by atoms with Gasteiger partial charge in [0.05, 0.1) is 18.8 Å². The molecule has 0 fully saturated rings. The SMILES string of the molecule is C=C(OCC)/C(=C/C=C(c1ccccc1)c1ccccc1)C(=NC)OCC. The largest absolute Gasteiger partial charge is 0.494 e. The van der Waals surface area contributed by atoms with Crippen LogP contribution >= 0.6 is 0 Å². The fourth-order valence-electron chi connectivity index (χ4n) is 2.70. The Morgan fingerprint density at radius 1 is 0.852 bits per heavy atom. The van der Waals surface area contributed by atoms with E-state index >= 15 is 0 Å². The maximum atomic E-state index is 5.68. The number of allylic oxidation sites excluding steroid dienone is 2. The molecular formula is C24H27NO2. The zero-order valence-electron chi connectivity index (χ0n) is 16.3. The smallest absolute Gasteiger partial charge is 0.219 e. The van der Waals surface area contributed by atoms with E-state index in [2.05, 4.69) is 41.9 Å². The van der Waals surface area contributed by atoms with Gasteiger partial charge in [0, 0.05) is 7.05 Å². The molecule has 0 amide bonds. The summed E-state index contributed by atoms with van der Waals surface area (Å²) in [6.45, 7) is 8.96. The lowest BCUT2D eigenvalue weighted by Crippen LogP contribution is -2.11. The quantitative estimate of drug-likeness (QED) is 0.263. The first kappa shape index (κ1) is 20.2. The third kappa shape index (κ3) is 5.71. The number of aliphatic imine (C=N–C) groups is 1. The van der Waals surface area contributed by atoms with Gasteiger partial charge in [0.15, 0.2) is 0 Å². The number of hydrogen-bond donors (Lipinski definition) is 0. The zero-order valence-corrected chi connectivity index (χ0v) is 16.3. The summed E-state index contributed by atoms with van der Waals surface area (Å²) in [5, 5.41) is 0. The summed E-state index contributed by atoms with van der Waals surface area (Å²) < 4.78 is 11.3. The van der Waals surface area contributed by atoms with E-state index in [1.165, 1.54) is 0 Å². The van der Waals surface area contributed by atoms with E-state index in [1.54, 1.807) is 7.05 Å². The Morgan fingerprint density at radius 2 is 1.37 bits per heavy atom. The van der Waals surface area contributed by atoms with Crippen LogP contribution in [0.25, 0.3) is 5.57 Å². The molecule has 140 valence electrons. The normalized spacial score (nSPS) is 11.7. The van der Waals surface area contributed by atoms with E-state index in [-0.39, 0.29) is 0 Å². The third-order valence-corrected chi connectivity index (χ3v) is 3.92. The second kappa shape index (κ2) is 10.8. The Bertz CT molecular complexity index is 776. The van der Waals surface area contributed by atoms with E-state index in [0.717, 1.165) is 22.3 Å². The van der Waals surface area contributed by atoms with Crippen molar-refractivity contribution in [2.75, 3.05) is 20.3 Å². The lowest BCUT2D eigenvalue weighted by molar-refractivity contribution is 0.237. The molecule has 3 heteroatoms. The Labute approximate surface area is 162 Å². The van der Waals surface area contributed by atoms with E-state index in [9.17, 15) is 0 Å². The third-order valence-electron chi connectivity index (χ3n) is 3.92. The summed E-state index contributed by atoms with van der Waals surface area (Å²) >= 11 is 0. The van der Waals surface area contributed by atoms with Gasteiger partial charge in [0.2, 0.25) is 5.90 Å². The molecule has 0 bridgehead atoms. The summed E-state index contributed by atoms with van der Waals surface area (Å²) in [5.41, 5.74) is 4.11. The average Bonchev–Trinajstić information content (AvgIpc) is 2.71. The highest BCUT2D eigenvalue weighted by atomic mass is 16.5. The molecular weight excluding hydrogens is 334 g/mol. The average molecular weight is 361 g/mol. The second-order valence-electron chi connectivity index (χ2n) is 5.71. The molecule has 0 spiro atoms. The van der Waals surface area contributed by atoms with Crippen molar-refractivity contribution in [3.63, 3.8) is 0 Å². The van der Waals surface area contributed by atoms with Crippen LogP contribution in [-0.4, -0.2) is 26.2 Å². The van der Waals surface area contributed by atoms with Crippen molar-refractivity contribution in [1.82, 2.24) is 0 Å². The minimum atomic E-state index is 0.521. The highest BCUT2D eigenvalue weighted by Crippen LogP contribution is 2.24. The van der Waals surface area contributed by atoms with Gasteiger partial charge in [0.1, 0.15) is 5.76 Å². The molecule has 0 aliphatic carbocycles. The van der Waals surface area contributed by atoms with Crippen molar-refractivity contribution in [3.05, 3.63) is 102 Å². The first-order valence-electron chi connectivity index (χ1n) is 9.16. The minimum absolute atomic E-state index is 0.521. The molecule has 0 atom stereocenters. The van der Waals surface area contributed by atoms with Crippen molar-refractivity contribution in [1.29, 1.82) is 0 Å². The molecule has 0 aromatic heterocycles. The minimum Gasteiger partial charge on any atom is -0.494 e. The van der Waals surface area contributed by atoms with Gasteiger partial charge in [-0.3, -0.25) is 4.99 Å². The van der Waals surface area contributed by atoms with Crippen LogP contribution in [0.15, 0.2) is 95.7 Å². The molecule has 2 aromatic carbocycles. The molecule has 3 nitrogen and oxygen atoms in total. The summed E-state index contributed by atoms with van der Waals surface area (Å²) in [6.07, 6.45) is 4.03. The van der Waals surface area contributed by atoms with Gasteiger partial charge < -0.3 is 9.47 Å². The molecule has 27 heavy (non-hydrogen) atoms. The number of hydrogen-bond acceptors (Lipinski definition) is 3. The number of ether oxygens (including phenoxy) is 2. The van der Waals surface area contributed by atoms with Crippen molar-refractivity contribution in [3.8, 4) is 0 Å². The maximum absolute atomic E-state index is 5.68. The Morgan fingerprint density at radius 3 is 1.81 bits per heavy atom. The summed E-state index contributed by atoms with van der Waals surface area (Å²) in [6, 6.07) is 20.6. The van der Waals surface area contributed by atoms with Gasteiger partial charge in [-0.2, -0.15) is 0 Å². The molecule has 0 saturated heterocycles. The zero-order chi connectivity index (χ0) is 19.5. The van der Waals surface area contributed by atoms with Crippen LogP contribution in [0.4, 0.5) is 0 Å². The van der Waals surface area contributed by atoms with Crippen LogP contribution in [0.1, 0.15) is 25.0 Å². The van der Waals surface area contributed by atoms with Crippen LogP contribution in [0.5, 0.6) is 0 Å². The van der Waals surface area contributed by atoms with Crippen LogP contribution < -0.4 is 0 Å². The van der Waals surface area contributed by atoms with E-state index in [0.29, 0.717) is 24.9 Å². The lowest BCUT2D eigenvalue weighted by Gasteiger charge is -2.14. The van der Waals surface area contributed by atoms with Gasteiger partial charge in [0.25, 0.3) is 0 Å². The maximum Gasteiger partial charge on any atom is 0.219 e. The predicted molar refractivity (Wildman–Crippen MR) is 114 cm³/mol. The molecule has 0 aliphatic rings. The molecule has 2 rings (SSSR count). The van der Waals surface area contributed by atoms with Crippen LogP contribution in [-0.2, 0) is 9.47 Å². The highest BCUT2D eigenvalue weighted by Gasteiger charge is 2.13. The Hall–Kier alpha value is -3.07. The molecule has 0 N–H and O–H groups in total. The molecule has 0 unspecified atom stereocenters. The molecule has 0 heterocycles. The molecule has 0 radical (unpaired) electrons. The van der Waals surface area contributed by atoms with Crippen molar-refractivity contribution >= 4 is 11.5 Å². The Balaban J connectivity index is 2.55. The van der Waals surface area contributed by atoms with Gasteiger partial charge in [-0.05, 0) is 36.6 Å². The predicted octanol–water partition coefficient (Wildman–Crippen LogP) is 5.66. The lowest BCUT2D eigenvalue weighted by atomic mass is 9.97. The summed E-state index contributed by atoms with van der Waals surface area (Å²) in [5.74, 6) is 1.07. The van der Waals surface area contributed by atoms with Gasteiger partial charge in [-0.25, -0.2) is 0 Å². The topological polar surface area (TPSA) is 30.8 Å². The standard InChI is InChI=1S/C24H27NO2/c1-5-26-19(3)22(24(25-4)27-6-2)17-18-23(20-13-9-7-10-14-20)21-15-11-8-12-16-21/h7-18H,3,5-6H2,1-2,4H3/b22-17-,25-24?. The summed E-state index contributed by atoms with van der Waals surface area (Å²) in [4.78, 5) is 4.26. The molecule has 2 aromatic rings. The van der Waals surface area contributed by atoms with Crippen molar-refractivity contribution in [2.24, 2.45) is 4.99 Å². The highest BCUT2D eigenvalue weighted by molar-refractivity contribution is 5.98. The fraction of sp³-hybridized carbons (Fsp3) is 0.208. The van der Waals surface area contributed by atoms with Crippen molar-refractivity contribution < 1.29 is 9.47 Å². The van der Waals surface area contributed by atoms with Crippen LogP contribution in [0.2, 0.25) is 0 Å². The Kier molecular flexibility index (Phi) is 8.11. The first-order valence-corrected chi connectivity index (χ1v) is 9.16. The molecule has 0 aliphatic heterocycles. The number of nitrogens with zero attached hydrogens (tertiary/aromatic N) is 1. The number of rotatable bonds is 8. The second-order valence-corrected chi connectivity index (χ2v) is 5.71. The van der Waals surface area contributed by atoms with Gasteiger partial charge in [-0.15, -0.1) is 0 Å².